The van der Waals surface area contributed by atoms with Gasteiger partial charge in [-0.1, -0.05) is 6.07 Å². The van der Waals surface area contributed by atoms with Gasteiger partial charge in [-0.3, -0.25) is 9.69 Å². The van der Waals surface area contributed by atoms with Crippen LogP contribution in [0.4, 0.5) is 0 Å². The second-order valence-corrected chi connectivity index (χ2v) is 7.91. The van der Waals surface area contributed by atoms with Gasteiger partial charge in [0.15, 0.2) is 5.69 Å². The molecule has 2 aromatic rings. The first-order chi connectivity index (χ1) is 13.0. The van der Waals surface area contributed by atoms with Crippen molar-refractivity contribution in [2.24, 2.45) is 0 Å². The van der Waals surface area contributed by atoms with Crippen LogP contribution in [0.15, 0.2) is 24.3 Å². The summed E-state index contributed by atoms with van der Waals surface area (Å²) in [7, 11) is 0. The molecule has 3 heterocycles. The highest BCUT2D eigenvalue weighted by Gasteiger charge is 2.32. The third-order valence-electron chi connectivity index (χ3n) is 5.68. The second kappa shape index (κ2) is 8.64. The van der Waals surface area contributed by atoms with Crippen molar-refractivity contribution in [3.8, 4) is 5.69 Å². The van der Waals surface area contributed by atoms with Crippen LogP contribution >= 0.6 is 12.4 Å². The minimum atomic E-state index is 0. The summed E-state index contributed by atoms with van der Waals surface area (Å²) in [5.74, 6) is 0.0545. The lowest BCUT2D eigenvalue weighted by molar-refractivity contribution is 0.0767. The Balaban J connectivity index is 0.00000225. The van der Waals surface area contributed by atoms with Crippen molar-refractivity contribution >= 4 is 18.3 Å². The molecule has 2 aliphatic heterocycles. The lowest BCUT2D eigenvalue weighted by Crippen LogP contribution is -2.49. The van der Waals surface area contributed by atoms with Gasteiger partial charge in [0, 0.05) is 51.0 Å². The van der Waals surface area contributed by atoms with Gasteiger partial charge in [0.25, 0.3) is 5.91 Å². The summed E-state index contributed by atoms with van der Waals surface area (Å²) in [5.41, 5.74) is 4.95. The first-order valence-corrected chi connectivity index (χ1v) is 9.90. The zero-order valence-electron chi connectivity index (χ0n) is 16.9. The summed E-state index contributed by atoms with van der Waals surface area (Å²) in [6.45, 7) is 12.1. The topological polar surface area (TPSA) is 53.4 Å². The van der Waals surface area contributed by atoms with Crippen LogP contribution in [0.1, 0.15) is 33.7 Å². The number of nitrogens with one attached hydrogen (secondary N) is 1. The molecule has 2 fully saturated rings. The van der Waals surface area contributed by atoms with E-state index in [0.29, 0.717) is 11.7 Å². The summed E-state index contributed by atoms with van der Waals surface area (Å²) >= 11 is 0. The smallest absolute Gasteiger partial charge is 0.274 e. The third-order valence-corrected chi connectivity index (χ3v) is 5.68. The van der Waals surface area contributed by atoms with E-state index in [1.54, 1.807) is 0 Å². The predicted molar refractivity (Wildman–Crippen MR) is 114 cm³/mol. The number of hydrogen-bond acceptors (Lipinski definition) is 4. The maximum atomic E-state index is 13.0. The van der Waals surface area contributed by atoms with Gasteiger partial charge in [0.1, 0.15) is 0 Å². The zero-order chi connectivity index (χ0) is 19.0. The van der Waals surface area contributed by atoms with Gasteiger partial charge >= 0.3 is 0 Å². The Bertz CT molecular complexity index is 823. The zero-order valence-corrected chi connectivity index (χ0v) is 17.8. The fourth-order valence-electron chi connectivity index (χ4n) is 4.35. The molecule has 152 valence electrons. The number of rotatable bonds is 3. The monoisotopic (exact) mass is 403 g/mol. The SMILES string of the molecule is Cc1cc(C)cc(-n2nc(C(=O)N3CCC(N4CCNCC4)C3)cc2C)c1.Cl. The highest BCUT2D eigenvalue weighted by molar-refractivity contribution is 5.92. The van der Waals surface area contributed by atoms with Crippen LogP contribution in [-0.2, 0) is 0 Å². The molecule has 1 N–H and O–H groups in total. The van der Waals surface area contributed by atoms with Gasteiger partial charge in [0.2, 0.25) is 0 Å². The Kier molecular flexibility index (Phi) is 6.43. The Hall–Kier alpha value is -1.89. The fraction of sp³-hybridized carbons (Fsp3) is 0.524. The number of carbonyl (C=O) groups excluding carboxylic acids is 1. The molecule has 2 saturated heterocycles. The van der Waals surface area contributed by atoms with Crippen LogP contribution in [0.25, 0.3) is 5.69 Å². The Morgan fingerprint density at radius 1 is 1.04 bits per heavy atom. The lowest BCUT2D eigenvalue weighted by Gasteiger charge is -2.32. The molecule has 0 saturated carbocycles. The molecule has 1 atom stereocenters. The molecule has 1 unspecified atom stereocenters. The minimum Gasteiger partial charge on any atom is -0.336 e. The normalized spacial score (nSPS) is 20.2. The van der Waals surface area contributed by atoms with Crippen molar-refractivity contribution in [1.29, 1.82) is 0 Å². The van der Waals surface area contributed by atoms with Crippen molar-refractivity contribution < 1.29 is 4.79 Å². The molecule has 7 heteroatoms. The summed E-state index contributed by atoms with van der Waals surface area (Å²) in [4.78, 5) is 17.5. The van der Waals surface area contributed by atoms with E-state index >= 15 is 0 Å². The summed E-state index contributed by atoms with van der Waals surface area (Å²) in [6, 6.07) is 8.76. The molecule has 2 aliphatic rings. The number of piperazine rings is 1. The molecule has 4 rings (SSSR count). The number of aryl methyl sites for hydroxylation is 3. The van der Waals surface area contributed by atoms with Crippen molar-refractivity contribution in [2.45, 2.75) is 33.2 Å². The molecule has 0 spiro atoms. The number of aromatic nitrogens is 2. The van der Waals surface area contributed by atoms with Gasteiger partial charge < -0.3 is 10.2 Å². The van der Waals surface area contributed by atoms with Gasteiger partial charge in [-0.15, -0.1) is 12.4 Å². The van der Waals surface area contributed by atoms with Gasteiger partial charge in [0.05, 0.1) is 5.69 Å². The first kappa shape index (κ1) is 20.8. The van der Waals surface area contributed by atoms with E-state index in [9.17, 15) is 4.79 Å². The molecule has 1 amide bonds. The quantitative estimate of drug-likeness (QED) is 0.854. The van der Waals surface area contributed by atoms with E-state index in [1.807, 2.05) is 22.6 Å². The van der Waals surface area contributed by atoms with Crippen molar-refractivity contribution in [3.63, 3.8) is 0 Å². The number of nitrogens with zero attached hydrogens (tertiary/aromatic N) is 4. The van der Waals surface area contributed by atoms with Crippen molar-refractivity contribution in [3.05, 3.63) is 46.8 Å². The minimum absolute atomic E-state index is 0. The molecule has 0 radical (unpaired) electrons. The number of amides is 1. The largest absolute Gasteiger partial charge is 0.336 e. The number of likely N-dealkylation sites (tertiary alicyclic amines) is 1. The van der Waals surface area contributed by atoms with Crippen LogP contribution in [0, 0.1) is 20.8 Å². The summed E-state index contributed by atoms with van der Waals surface area (Å²) in [6.07, 6.45) is 1.06. The molecule has 6 nitrogen and oxygen atoms in total. The van der Waals surface area contributed by atoms with Crippen LogP contribution in [0.2, 0.25) is 0 Å². The predicted octanol–water partition coefficient (Wildman–Crippen LogP) is 2.34. The molecule has 1 aromatic carbocycles. The standard InChI is InChI=1S/C21H29N5O.ClH/c1-15-10-16(2)12-19(11-15)26-17(3)13-20(23-26)21(27)25-7-4-18(14-25)24-8-5-22-6-9-24;/h10-13,18,22H,4-9,14H2,1-3H3;1H. The number of benzene rings is 1. The van der Waals surface area contributed by atoms with Crippen LogP contribution in [0.3, 0.4) is 0 Å². The molecule has 0 bridgehead atoms. The van der Waals surface area contributed by atoms with Crippen molar-refractivity contribution in [2.75, 3.05) is 39.3 Å². The van der Waals surface area contributed by atoms with E-state index in [2.05, 4.69) is 47.4 Å². The Morgan fingerprint density at radius 2 is 1.71 bits per heavy atom. The fourth-order valence-corrected chi connectivity index (χ4v) is 4.35. The highest BCUT2D eigenvalue weighted by atomic mass is 35.5. The Morgan fingerprint density at radius 3 is 2.39 bits per heavy atom. The highest BCUT2D eigenvalue weighted by Crippen LogP contribution is 2.20. The maximum absolute atomic E-state index is 13.0. The molecule has 28 heavy (non-hydrogen) atoms. The molecular formula is C21H30ClN5O. The van der Waals surface area contributed by atoms with Gasteiger partial charge in [-0.25, -0.2) is 4.68 Å². The second-order valence-electron chi connectivity index (χ2n) is 7.91. The average molecular weight is 404 g/mol. The van der Waals surface area contributed by atoms with Crippen molar-refractivity contribution in [1.82, 2.24) is 24.9 Å². The average Bonchev–Trinajstić information content (AvgIpc) is 3.28. The first-order valence-electron chi connectivity index (χ1n) is 9.90. The maximum Gasteiger partial charge on any atom is 0.274 e. The number of halogens is 1. The number of hydrogen-bond donors (Lipinski definition) is 1. The number of carbonyl (C=O) groups is 1. The van der Waals surface area contributed by atoms with Crippen LogP contribution in [-0.4, -0.2) is 70.8 Å². The van der Waals surface area contributed by atoms with E-state index < -0.39 is 0 Å². The molecular weight excluding hydrogens is 374 g/mol. The summed E-state index contributed by atoms with van der Waals surface area (Å²) in [5, 5.41) is 8.04. The van der Waals surface area contributed by atoms with E-state index in [-0.39, 0.29) is 18.3 Å². The van der Waals surface area contributed by atoms with E-state index in [0.717, 1.165) is 57.1 Å². The molecule has 1 aromatic heterocycles. The van der Waals surface area contributed by atoms with Gasteiger partial charge in [-0.2, -0.15) is 5.10 Å². The molecule has 0 aliphatic carbocycles. The summed E-state index contributed by atoms with van der Waals surface area (Å²) < 4.78 is 1.89. The Labute approximate surface area is 173 Å². The van der Waals surface area contributed by atoms with E-state index in [1.165, 1.54) is 11.1 Å². The van der Waals surface area contributed by atoms with Crippen LogP contribution < -0.4 is 5.32 Å². The van der Waals surface area contributed by atoms with Gasteiger partial charge in [-0.05, 0) is 56.5 Å². The lowest BCUT2D eigenvalue weighted by atomic mass is 10.1. The van der Waals surface area contributed by atoms with E-state index in [4.69, 9.17) is 0 Å². The third kappa shape index (κ3) is 4.24. The van der Waals surface area contributed by atoms with Crippen LogP contribution in [0.5, 0.6) is 0 Å².